The fourth-order valence-electron chi connectivity index (χ4n) is 1.44. The summed E-state index contributed by atoms with van der Waals surface area (Å²) >= 11 is 0. The van der Waals surface area contributed by atoms with Gasteiger partial charge in [-0.25, -0.2) is 0 Å². The van der Waals surface area contributed by atoms with E-state index in [1.807, 2.05) is 0 Å². The number of unbranched alkanes of at least 4 members (excludes halogenated alkanes) is 1. The predicted octanol–water partition coefficient (Wildman–Crippen LogP) is 1.88. The Kier molecular flexibility index (Phi) is 5.51. The molecule has 0 saturated heterocycles. The van der Waals surface area contributed by atoms with E-state index in [9.17, 15) is 0 Å². The second kappa shape index (κ2) is 5.55. The summed E-state index contributed by atoms with van der Waals surface area (Å²) in [6, 6.07) is 0.358. The summed E-state index contributed by atoms with van der Waals surface area (Å²) in [6.07, 6.45) is 4.51. The standard InChI is InChI=1S/C10H24N2/c1-10(2,3)8-9(12)6-4-5-7-11/h9H,4-8,11-12H2,1-3H3/t9-/m0/s1. The molecule has 0 aromatic heterocycles. The molecule has 1 atom stereocenters. The van der Waals surface area contributed by atoms with Crippen molar-refractivity contribution in [2.45, 2.75) is 52.5 Å². The minimum absolute atomic E-state index is 0.358. The van der Waals surface area contributed by atoms with Crippen molar-refractivity contribution in [1.82, 2.24) is 0 Å². The summed E-state index contributed by atoms with van der Waals surface area (Å²) in [4.78, 5) is 0. The van der Waals surface area contributed by atoms with Crippen LogP contribution in [0.15, 0.2) is 0 Å². The van der Waals surface area contributed by atoms with E-state index in [-0.39, 0.29) is 0 Å². The number of hydrogen-bond donors (Lipinski definition) is 2. The van der Waals surface area contributed by atoms with Crippen molar-refractivity contribution in [3.63, 3.8) is 0 Å². The lowest BCUT2D eigenvalue weighted by molar-refractivity contribution is 0.327. The van der Waals surface area contributed by atoms with Crippen LogP contribution in [0.4, 0.5) is 0 Å². The highest BCUT2D eigenvalue weighted by Crippen LogP contribution is 2.21. The maximum absolute atomic E-state index is 5.96. The van der Waals surface area contributed by atoms with Gasteiger partial charge < -0.3 is 11.5 Å². The molecule has 2 nitrogen and oxygen atoms in total. The Hall–Kier alpha value is -0.0800. The van der Waals surface area contributed by atoms with Crippen LogP contribution in [0.5, 0.6) is 0 Å². The molecule has 4 N–H and O–H groups in total. The molecule has 0 saturated carbocycles. The molecule has 0 amide bonds. The van der Waals surface area contributed by atoms with Crippen LogP contribution < -0.4 is 11.5 Å². The van der Waals surface area contributed by atoms with E-state index in [0.29, 0.717) is 11.5 Å². The molecule has 0 radical (unpaired) electrons. The van der Waals surface area contributed by atoms with Crippen LogP contribution >= 0.6 is 0 Å². The van der Waals surface area contributed by atoms with Crippen LogP contribution in [0.2, 0.25) is 0 Å². The Morgan fingerprint density at radius 3 is 2.17 bits per heavy atom. The fraction of sp³-hybridized carbons (Fsp3) is 1.00. The third-order valence-electron chi connectivity index (χ3n) is 1.90. The van der Waals surface area contributed by atoms with Crippen LogP contribution in [0.3, 0.4) is 0 Å². The van der Waals surface area contributed by atoms with Gasteiger partial charge in [-0.15, -0.1) is 0 Å². The van der Waals surface area contributed by atoms with Crippen molar-refractivity contribution < 1.29 is 0 Å². The van der Waals surface area contributed by atoms with Gasteiger partial charge in [-0.2, -0.15) is 0 Å². The Bertz CT molecular complexity index is 105. The van der Waals surface area contributed by atoms with Gasteiger partial charge in [0.25, 0.3) is 0 Å². The number of nitrogens with two attached hydrogens (primary N) is 2. The maximum Gasteiger partial charge on any atom is 0.00438 e. The van der Waals surface area contributed by atoms with Gasteiger partial charge in [-0.1, -0.05) is 27.2 Å². The Morgan fingerprint density at radius 2 is 1.75 bits per heavy atom. The zero-order valence-corrected chi connectivity index (χ0v) is 8.77. The van der Waals surface area contributed by atoms with Gasteiger partial charge in [0.1, 0.15) is 0 Å². The molecule has 12 heavy (non-hydrogen) atoms. The second-order valence-electron chi connectivity index (χ2n) is 4.81. The van der Waals surface area contributed by atoms with E-state index in [4.69, 9.17) is 11.5 Å². The molecule has 0 rings (SSSR count). The minimum atomic E-state index is 0.358. The minimum Gasteiger partial charge on any atom is -0.330 e. The zero-order valence-electron chi connectivity index (χ0n) is 8.77. The first-order valence-corrected chi connectivity index (χ1v) is 4.91. The van der Waals surface area contributed by atoms with Gasteiger partial charge in [-0.3, -0.25) is 0 Å². The molecular weight excluding hydrogens is 148 g/mol. The Balaban J connectivity index is 3.40. The largest absolute Gasteiger partial charge is 0.330 e. The Morgan fingerprint density at radius 1 is 1.17 bits per heavy atom. The molecule has 0 aliphatic carbocycles. The molecule has 0 aromatic carbocycles. The van der Waals surface area contributed by atoms with Crippen LogP contribution in [0.25, 0.3) is 0 Å². The fourth-order valence-corrected chi connectivity index (χ4v) is 1.44. The van der Waals surface area contributed by atoms with E-state index in [0.717, 1.165) is 25.8 Å². The highest BCUT2D eigenvalue weighted by molar-refractivity contribution is 4.71. The van der Waals surface area contributed by atoms with Gasteiger partial charge >= 0.3 is 0 Å². The van der Waals surface area contributed by atoms with Gasteiger partial charge in [0.15, 0.2) is 0 Å². The van der Waals surface area contributed by atoms with Gasteiger partial charge in [0.05, 0.1) is 0 Å². The van der Waals surface area contributed by atoms with Crippen molar-refractivity contribution in [3.05, 3.63) is 0 Å². The average molecular weight is 172 g/mol. The predicted molar refractivity (Wildman–Crippen MR) is 55.0 cm³/mol. The van der Waals surface area contributed by atoms with Crippen LogP contribution in [0, 0.1) is 5.41 Å². The lowest BCUT2D eigenvalue weighted by Crippen LogP contribution is -2.26. The van der Waals surface area contributed by atoms with Gasteiger partial charge in [-0.05, 0) is 31.2 Å². The van der Waals surface area contributed by atoms with E-state index in [1.165, 1.54) is 6.42 Å². The van der Waals surface area contributed by atoms with E-state index >= 15 is 0 Å². The highest BCUT2D eigenvalue weighted by Gasteiger charge is 2.14. The summed E-state index contributed by atoms with van der Waals surface area (Å²) in [5, 5.41) is 0. The number of hydrogen-bond acceptors (Lipinski definition) is 2. The second-order valence-corrected chi connectivity index (χ2v) is 4.81. The highest BCUT2D eigenvalue weighted by atomic mass is 14.6. The molecule has 0 aliphatic rings. The summed E-state index contributed by atoms with van der Waals surface area (Å²) in [7, 11) is 0. The first-order chi connectivity index (χ1) is 5.45. The smallest absolute Gasteiger partial charge is 0.00438 e. The average Bonchev–Trinajstić information content (AvgIpc) is 1.84. The molecule has 2 heteroatoms. The van der Waals surface area contributed by atoms with Crippen LogP contribution in [-0.4, -0.2) is 12.6 Å². The molecule has 0 heterocycles. The molecule has 0 unspecified atom stereocenters. The summed E-state index contributed by atoms with van der Waals surface area (Å²) < 4.78 is 0. The molecule has 74 valence electrons. The first kappa shape index (κ1) is 11.9. The first-order valence-electron chi connectivity index (χ1n) is 4.91. The zero-order chi connectivity index (χ0) is 9.61. The van der Waals surface area contributed by atoms with Crippen molar-refractivity contribution >= 4 is 0 Å². The van der Waals surface area contributed by atoms with E-state index in [1.54, 1.807) is 0 Å². The van der Waals surface area contributed by atoms with Gasteiger partial charge in [0.2, 0.25) is 0 Å². The van der Waals surface area contributed by atoms with E-state index < -0.39 is 0 Å². The maximum atomic E-state index is 5.96. The molecule has 0 fully saturated rings. The van der Waals surface area contributed by atoms with Crippen LogP contribution in [0.1, 0.15) is 46.5 Å². The molecular formula is C10H24N2. The topological polar surface area (TPSA) is 52.0 Å². The van der Waals surface area contributed by atoms with Crippen molar-refractivity contribution in [3.8, 4) is 0 Å². The van der Waals surface area contributed by atoms with Crippen LogP contribution in [-0.2, 0) is 0 Å². The normalized spacial score (nSPS) is 14.8. The SMILES string of the molecule is CC(C)(C)C[C@@H](N)CCCCN. The molecule has 0 bridgehead atoms. The van der Waals surface area contributed by atoms with E-state index in [2.05, 4.69) is 20.8 Å². The molecule has 0 aliphatic heterocycles. The van der Waals surface area contributed by atoms with Gasteiger partial charge in [0, 0.05) is 6.04 Å². The van der Waals surface area contributed by atoms with Crippen molar-refractivity contribution in [2.75, 3.05) is 6.54 Å². The molecule has 0 spiro atoms. The third-order valence-corrected chi connectivity index (χ3v) is 1.90. The quantitative estimate of drug-likeness (QED) is 0.622. The lowest BCUT2D eigenvalue weighted by atomic mass is 9.87. The lowest BCUT2D eigenvalue weighted by Gasteiger charge is -2.22. The number of rotatable bonds is 5. The summed E-state index contributed by atoms with van der Waals surface area (Å²) in [5.74, 6) is 0. The van der Waals surface area contributed by atoms with Crippen molar-refractivity contribution in [2.24, 2.45) is 16.9 Å². The third kappa shape index (κ3) is 8.02. The molecule has 0 aromatic rings. The Labute approximate surface area is 76.7 Å². The summed E-state index contributed by atoms with van der Waals surface area (Å²) in [5.41, 5.74) is 11.7. The monoisotopic (exact) mass is 172 g/mol. The summed E-state index contributed by atoms with van der Waals surface area (Å²) in [6.45, 7) is 7.49. The van der Waals surface area contributed by atoms with Crippen molar-refractivity contribution in [1.29, 1.82) is 0 Å².